The topological polar surface area (TPSA) is 76.6 Å². The van der Waals surface area contributed by atoms with E-state index in [0.29, 0.717) is 6.54 Å². The fraction of sp³-hybridized carbons (Fsp3) is 0.636. The van der Waals surface area contributed by atoms with Crippen LogP contribution in [0.3, 0.4) is 0 Å². The summed E-state index contributed by atoms with van der Waals surface area (Å²) in [5.41, 5.74) is 3.74. The van der Waals surface area contributed by atoms with Gasteiger partial charge in [-0.25, -0.2) is 0 Å². The number of guanidine groups is 1. The zero-order valence-corrected chi connectivity index (χ0v) is 18.0. The minimum Gasteiger partial charge on any atom is -0.469 e. The largest absolute Gasteiger partial charge is 0.469 e. The van der Waals surface area contributed by atoms with Crippen molar-refractivity contribution in [2.75, 3.05) is 26.2 Å². The number of nitrogens with one attached hydrogen (secondary N) is 2. The minimum atomic E-state index is 0.244. The molecule has 0 bridgehead atoms. The number of hydrogen-bond acceptors (Lipinski definition) is 4. The first kappa shape index (κ1) is 21.4. The summed E-state index contributed by atoms with van der Waals surface area (Å²) >= 11 is 0. The van der Waals surface area contributed by atoms with Crippen LogP contribution in [0.1, 0.15) is 48.4 Å². The molecule has 160 valence electrons. The van der Waals surface area contributed by atoms with Crippen molar-refractivity contribution in [1.29, 1.82) is 0 Å². The lowest BCUT2D eigenvalue weighted by Crippen LogP contribution is -2.40. The van der Waals surface area contributed by atoms with E-state index in [1.54, 1.807) is 6.26 Å². The molecule has 2 aromatic rings. The van der Waals surface area contributed by atoms with E-state index in [4.69, 9.17) is 14.1 Å². The second-order valence-corrected chi connectivity index (χ2v) is 7.74. The van der Waals surface area contributed by atoms with Crippen molar-refractivity contribution in [3.8, 4) is 0 Å². The highest BCUT2D eigenvalue weighted by Crippen LogP contribution is 2.14. The van der Waals surface area contributed by atoms with Crippen LogP contribution < -0.4 is 10.6 Å². The van der Waals surface area contributed by atoms with Gasteiger partial charge in [-0.2, -0.15) is 5.10 Å². The molecule has 0 spiro atoms. The second-order valence-electron chi connectivity index (χ2n) is 7.74. The van der Waals surface area contributed by atoms with Crippen LogP contribution in [-0.4, -0.2) is 48.1 Å². The van der Waals surface area contributed by atoms with Crippen molar-refractivity contribution in [1.82, 2.24) is 20.4 Å². The zero-order valence-electron chi connectivity index (χ0n) is 18.0. The molecule has 1 saturated heterocycles. The Labute approximate surface area is 173 Å². The van der Waals surface area contributed by atoms with Crippen molar-refractivity contribution in [3.63, 3.8) is 0 Å². The van der Waals surface area contributed by atoms with E-state index in [9.17, 15) is 0 Å². The van der Waals surface area contributed by atoms with Gasteiger partial charge in [-0.1, -0.05) is 0 Å². The number of rotatable bonds is 9. The van der Waals surface area contributed by atoms with Gasteiger partial charge in [0.2, 0.25) is 0 Å². The maximum absolute atomic E-state index is 5.82. The Balaban J connectivity index is 1.47. The minimum absolute atomic E-state index is 0.244. The first-order valence-corrected chi connectivity index (χ1v) is 10.8. The molecule has 1 aliphatic rings. The summed E-state index contributed by atoms with van der Waals surface area (Å²) < 4.78 is 13.2. The molecule has 0 amide bonds. The molecular formula is C22H35N5O2. The molecule has 1 fully saturated rings. The summed E-state index contributed by atoms with van der Waals surface area (Å²) in [5, 5.41) is 11.4. The van der Waals surface area contributed by atoms with Crippen molar-refractivity contribution >= 4 is 5.96 Å². The van der Waals surface area contributed by atoms with Crippen LogP contribution in [0.25, 0.3) is 0 Å². The summed E-state index contributed by atoms with van der Waals surface area (Å²) in [6, 6.07) is 3.92. The van der Waals surface area contributed by atoms with Crippen molar-refractivity contribution in [2.45, 2.75) is 58.5 Å². The smallest absolute Gasteiger partial charge is 0.191 e. The predicted molar refractivity (Wildman–Crippen MR) is 115 cm³/mol. The molecule has 0 aliphatic carbocycles. The first-order valence-electron chi connectivity index (χ1n) is 10.8. The molecule has 1 atom stereocenters. The third kappa shape index (κ3) is 6.63. The first-order chi connectivity index (χ1) is 14.1. The van der Waals surface area contributed by atoms with Crippen molar-refractivity contribution in [3.05, 3.63) is 41.1 Å². The van der Waals surface area contributed by atoms with Crippen molar-refractivity contribution < 1.29 is 9.15 Å². The predicted octanol–water partition coefficient (Wildman–Crippen LogP) is 2.91. The highest BCUT2D eigenvalue weighted by molar-refractivity contribution is 5.79. The van der Waals surface area contributed by atoms with E-state index in [0.717, 1.165) is 62.8 Å². The van der Waals surface area contributed by atoms with Gasteiger partial charge in [0.1, 0.15) is 5.76 Å². The molecule has 0 radical (unpaired) electrons. The lowest BCUT2D eigenvalue weighted by atomic mass is 10.1. The van der Waals surface area contributed by atoms with Gasteiger partial charge in [0, 0.05) is 38.9 Å². The third-order valence-electron chi connectivity index (χ3n) is 5.53. The Kier molecular flexibility index (Phi) is 8.16. The Morgan fingerprint density at radius 1 is 1.24 bits per heavy atom. The van der Waals surface area contributed by atoms with Crippen LogP contribution in [0.2, 0.25) is 0 Å². The summed E-state index contributed by atoms with van der Waals surface area (Å²) in [5.74, 6) is 1.83. The van der Waals surface area contributed by atoms with Crippen LogP contribution in [0.5, 0.6) is 0 Å². The van der Waals surface area contributed by atoms with E-state index >= 15 is 0 Å². The number of hydrogen-bond donors (Lipinski definition) is 2. The molecular weight excluding hydrogens is 366 g/mol. The quantitative estimate of drug-likeness (QED) is 0.384. The maximum atomic E-state index is 5.82. The van der Waals surface area contributed by atoms with E-state index in [1.165, 1.54) is 24.1 Å². The molecule has 0 saturated carbocycles. The van der Waals surface area contributed by atoms with Gasteiger partial charge in [0.15, 0.2) is 5.96 Å². The van der Waals surface area contributed by atoms with Gasteiger partial charge in [-0.15, -0.1) is 0 Å². The summed E-state index contributed by atoms with van der Waals surface area (Å²) in [6.45, 7) is 7.44. The average molecular weight is 402 g/mol. The average Bonchev–Trinajstić information content (AvgIpc) is 3.32. The summed E-state index contributed by atoms with van der Waals surface area (Å²) in [7, 11) is 2.01. The fourth-order valence-corrected chi connectivity index (χ4v) is 3.73. The monoisotopic (exact) mass is 401 g/mol. The van der Waals surface area contributed by atoms with Gasteiger partial charge in [-0.05, 0) is 63.6 Å². The molecule has 2 N–H and O–H groups in total. The van der Waals surface area contributed by atoms with Crippen LogP contribution in [0.4, 0.5) is 0 Å². The summed E-state index contributed by atoms with van der Waals surface area (Å²) in [6.07, 6.45) is 8.35. The second kappa shape index (κ2) is 11.0. The number of nitrogens with zero attached hydrogens (tertiary/aromatic N) is 3. The highest BCUT2D eigenvalue weighted by atomic mass is 16.5. The van der Waals surface area contributed by atoms with Gasteiger partial charge in [0.25, 0.3) is 0 Å². The fourth-order valence-electron chi connectivity index (χ4n) is 3.73. The van der Waals surface area contributed by atoms with Gasteiger partial charge in [0.05, 0.1) is 24.6 Å². The van der Waals surface area contributed by atoms with Crippen molar-refractivity contribution in [2.24, 2.45) is 12.0 Å². The van der Waals surface area contributed by atoms with E-state index < -0.39 is 0 Å². The molecule has 0 aromatic carbocycles. The molecule has 7 nitrogen and oxygen atoms in total. The van der Waals surface area contributed by atoms with Crippen LogP contribution >= 0.6 is 0 Å². The Bertz CT molecular complexity index is 761. The summed E-state index contributed by atoms with van der Waals surface area (Å²) in [4.78, 5) is 4.77. The number of aliphatic imine (C=N–C) groups is 1. The van der Waals surface area contributed by atoms with Gasteiger partial charge >= 0.3 is 0 Å². The number of ether oxygens (including phenoxy) is 1. The molecule has 3 rings (SSSR count). The standard InChI is InChI=1S/C22H35N5O2/c1-17-21(18(2)27(3)26-17)10-6-12-23-22(24-13-11-19-9-7-15-28-19)25-16-20-8-4-5-14-29-20/h7,9,15,20H,4-6,8,10-14,16H2,1-3H3,(H2,23,24,25). The Morgan fingerprint density at radius 2 is 2.10 bits per heavy atom. The van der Waals surface area contributed by atoms with Gasteiger partial charge < -0.3 is 19.8 Å². The van der Waals surface area contributed by atoms with E-state index in [2.05, 4.69) is 29.6 Å². The lowest BCUT2D eigenvalue weighted by molar-refractivity contribution is 0.0224. The number of furan rings is 1. The van der Waals surface area contributed by atoms with E-state index in [1.807, 2.05) is 23.9 Å². The SMILES string of the molecule is Cc1nn(C)c(C)c1CCCNC(=NCC1CCCCO1)NCCc1ccco1. The molecule has 3 heterocycles. The maximum Gasteiger partial charge on any atom is 0.191 e. The Morgan fingerprint density at radius 3 is 2.79 bits per heavy atom. The van der Waals surface area contributed by atoms with E-state index in [-0.39, 0.29) is 6.10 Å². The third-order valence-corrected chi connectivity index (χ3v) is 5.53. The molecule has 1 unspecified atom stereocenters. The molecule has 1 aliphatic heterocycles. The normalized spacial score (nSPS) is 17.5. The molecule has 2 aromatic heterocycles. The zero-order chi connectivity index (χ0) is 20.5. The number of aryl methyl sites for hydroxylation is 2. The molecule has 7 heteroatoms. The van der Waals surface area contributed by atoms with Crippen LogP contribution in [0.15, 0.2) is 27.8 Å². The highest BCUT2D eigenvalue weighted by Gasteiger charge is 2.13. The van der Waals surface area contributed by atoms with Crippen LogP contribution in [-0.2, 0) is 24.6 Å². The lowest BCUT2D eigenvalue weighted by Gasteiger charge is -2.21. The van der Waals surface area contributed by atoms with Gasteiger partial charge in [-0.3, -0.25) is 9.67 Å². The van der Waals surface area contributed by atoms with Crippen LogP contribution in [0, 0.1) is 13.8 Å². The Hall–Kier alpha value is -2.28. The number of aromatic nitrogens is 2. The molecule has 29 heavy (non-hydrogen) atoms.